The van der Waals surface area contributed by atoms with E-state index in [4.69, 9.17) is 0 Å². The van der Waals surface area contributed by atoms with Gasteiger partial charge in [0.2, 0.25) is 0 Å². The van der Waals surface area contributed by atoms with E-state index in [1.807, 2.05) is 4.68 Å². The minimum absolute atomic E-state index is 0.249. The fraction of sp³-hybridized carbons (Fsp3) is 0.455. The van der Waals surface area contributed by atoms with E-state index in [0.717, 1.165) is 23.9 Å². The van der Waals surface area contributed by atoms with Crippen molar-refractivity contribution in [1.29, 1.82) is 0 Å². The summed E-state index contributed by atoms with van der Waals surface area (Å²) in [5, 5.41) is 8.25. The molecule has 0 atom stereocenters. The molecule has 1 aliphatic carbocycles. The van der Waals surface area contributed by atoms with E-state index in [1.165, 1.54) is 25.0 Å². The Balaban J connectivity index is 2.18. The van der Waals surface area contributed by atoms with Crippen molar-refractivity contribution in [3.05, 3.63) is 22.4 Å². The molecule has 0 amide bonds. The Kier molecular flexibility index (Phi) is 2.42. The summed E-state index contributed by atoms with van der Waals surface area (Å²) in [4.78, 5) is 0. The monoisotopic (exact) mass is 283 g/mol. The van der Waals surface area contributed by atoms with Gasteiger partial charge >= 0.3 is 0 Å². The predicted octanol–water partition coefficient (Wildman–Crippen LogP) is 3.45. The van der Waals surface area contributed by atoms with E-state index < -0.39 is 0 Å². The van der Waals surface area contributed by atoms with Gasteiger partial charge in [0.15, 0.2) is 0 Å². The Morgan fingerprint density at radius 1 is 1.31 bits per heavy atom. The molecule has 1 saturated carbocycles. The molecule has 0 aliphatic heterocycles. The van der Waals surface area contributed by atoms with Gasteiger partial charge < -0.3 is 0 Å². The molecule has 0 spiro atoms. The Labute approximate surface area is 101 Å². The first-order chi connectivity index (χ1) is 7.75. The smallest absolute Gasteiger partial charge is 0.127 e. The Morgan fingerprint density at radius 2 is 2.06 bits per heavy atom. The second kappa shape index (κ2) is 3.80. The van der Waals surface area contributed by atoms with Crippen LogP contribution in [0.1, 0.15) is 31.7 Å². The van der Waals surface area contributed by atoms with Crippen molar-refractivity contribution in [2.75, 3.05) is 0 Å². The highest BCUT2D eigenvalue weighted by Gasteiger charge is 2.21. The van der Waals surface area contributed by atoms with E-state index in [-0.39, 0.29) is 5.82 Å². The molecule has 0 bridgehead atoms. The zero-order valence-electron chi connectivity index (χ0n) is 8.66. The van der Waals surface area contributed by atoms with Crippen LogP contribution in [0.2, 0.25) is 0 Å². The van der Waals surface area contributed by atoms with Crippen molar-refractivity contribution in [2.24, 2.45) is 0 Å². The van der Waals surface area contributed by atoms with Crippen LogP contribution in [0, 0.1) is 5.82 Å². The van der Waals surface area contributed by atoms with Crippen LogP contribution in [0.4, 0.5) is 4.39 Å². The highest BCUT2D eigenvalue weighted by Crippen LogP contribution is 2.32. The number of nitrogens with zero attached hydrogens (tertiary/aromatic N) is 3. The molecule has 0 N–H and O–H groups in total. The minimum Gasteiger partial charge on any atom is -0.241 e. The van der Waals surface area contributed by atoms with Gasteiger partial charge in [-0.1, -0.05) is 18.1 Å². The zero-order chi connectivity index (χ0) is 11.1. The van der Waals surface area contributed by atoms with Crippen molar-refractivity contribution >= 4 is 27.0 Å². The van der Waals surface area contributed by atoms with Crippen molar-refractivity contribution in [2.45, 2.75) is 31.7 Å². The van der Waals surface area contributed by atoms with Gasteiger partial charge in [0.05, 0.1) is 16.0 Å². The van der Waals surface area contributed by atoms with Gasteiger partial charge in [-0.25, -0.2) is 9.07 Å². The van der Waals surface area contributed by atoms with Gasteiger partial charge in [-0.05, 0) is 34.8 Å². The molecule has 16 heavy (non-hydrogen) atoms. The lowest BCUT2D eigenvalue weighted by atomic mass is 10.2. The number of benzene rings is 1. The van der Waals surface area contributed by atoms with Crippen LogP contribution < -0.4 is 0 Å². The van der Waals surface area contributed by atoms with Gasteiger partial charge in [0.25, 0.3) is 0 Å². The molecule has 0 saturated heterocycles. The van der Waals surface area contributed by atoms with E-state index in [1.54, 1.807) is 0 Å². The van der Waals surface area contributed by atoms with Gasteiger partial charge in [0.1, 0.15) is 11.3 Å². The number of aromatic nitrogens is 3. The SMILES string of the molecule is Fc1cc(Br)c2nnn(C3CCCC3)c2c1. The number of fused-ring (bicyclic) bond motifs is 1. The lowest BCUT2D eigenvalue weighted by molar-refractivity contribution is 0.466. The third kappa shape index (κ3) is 1.54. The summed E-state index contributed by atoms with van der Waals surface area (Å²) in [5.74, 6) is -0.249. The van der Waals surface area contributed by atoms with E-state index in [0.29, 0.717) is 10.5 Å². The largest absolute Gasteiger partial charge is 0.241 e. The van der Waals surface area contributed by atoms with E-state index in [9.17, 15) is 4.39 Å². The lowest BCUT2D eigenvalue weighted by Gasteiger charge is -2.09. The van der Waals surface area contributed by atoms with Crippen molar-refractivity contribution in [3.63, 3.8) is 0 Å². The summed E-state index contributed by atoms with van der Waals surface area (Å²) < 4.78 is 15.9. The number of hydrogen-bond donors (Lipinski definition) is 0. The Bertz CT molecular complexity index is 531. The van der Waals surface area contributed by atoms with E-state index >= 15 is 0 Å². The molecule has 3 rings (SSSR count). The first-order valence-corrected chi connectivity index (χ1v) is 6.25. The summed E-state index contributed by atoms with van der Waals surface area (Å²) >= 11 is 3.31. The highest BCUT2D eigenvalue weighted by atomic mass is 79.9. The second-order valence-electron chi connectivity index (χ2n) is 4.23. The third-order valence-electron chi connectivity index (χ3n) is 3.17. The van der Waals surface area contributed by atoms with Gasteiger partial charge in [-0.2, -0.15) is 0 Å². The molecule has 3 nitrogen and oxygen atoms in total. The summed E-state index contributed by atoms with van der Waals surface area (Å²) in [7, 11) is 0. The normalized spacial score (nSPS) is 17.4. The summed E-state index contributed by atoms with van der Waals surface area (Å²) in [6, 6.07) is 3.33. The maximum Gasteiger partial charge on any atom is 0.127 e. The van der Waals surface area contributed by atoms with Crippen LogP contribution in [-0.4, -0.2) is 15.0 Å². The minimum atomic E-state index is -0.249. The van der Waals surface area contributed by atoms with Gasteiger partial charge in [0, 0.05) is 6.07 Å². The highest BCUT2D eigenvalue weighted by molar-refractivity contribution is 9.10. The van der Waals surface area contributed by atoms with Crippen LogP contribution in [0.15, 0.2) is 16.6 Å². The number of hydrogen-bond acceptors (Lipinski definition) is 2. The van der Waals surface area contributed by atoms with Gasteiger partial charge in [-0.3, -0.25) is 0 Å². The number of rotatable bonds is 1. The molecule has 0 radical (unpaired) electrons. The number of halogens is 2. The van der Waals surface area contributed by atoms with Crippen molar-refractivity contribution < 1.29 is 4.39 Å². The molecular formula is C11H11BrFN3. The second-order valence-corrected chi connectivity index (χ2v) is 5.08. The molecule has 0 unspecified atom stereocenters. The Morgan fingerprint density at radius 3 is 2.81 bits per heavy atom. The van der Waals surface area contributed by atoms with Crippen LogP contribution in [0.5, 0.6) is 0 Å². The standard InChI is InChI=1S/C11H11BrFN3/c12-9-5-7(13)6-10-11(9)14-15-16(10)8-3-1-2-4-8/h5-6,8H,1-4H2. The molecule has 1 heterocycles. The van der Waals surface area contributed by atoms with Crippen LogP contribution >= 0.6 is 15.9 Å². The molecule has 1 aromatic carbocycles. The van der Waals surface area contributed by atoms with Crippen LogP contribution in [0.25, 0.3) is 11.0 Å². The fourth-order valence-electron chi connectivity index (χ4n) is 2.39. The topological polar surface area (TPSA) is 30.7 Å². The maximum atomic E-state index is 13.3. The molecule has 1 fully saturated rings. The van der Waals surface area contributed by atoms with E-state index in [2.05, 4.69) is 26.2 Å². The molecule has 1 aliphatic rings. The lowest BCUT2D eigenvalue weighted by Crippen LogP contribution is -2.06. The summed E-state index contributed by atoms with van der Waals surface area (Å²) in [6.45, 7) is 0. The molecule has 1 aromatic heterocycles. The van der Waals surface area contributed by atoms with Crippen LogP contribution in [0.3, 0.4) is 0 Å². The molecule has 5 heteroatoms. The van der Waals surface area contributed by atoms with Crippen molar-refractivity contribution in [3.8, 4) is 0 Å². The predicted molar refractivity (Wildman–Crippen MR) is 62.7 cm³/mol. The third-order valence-corrected chi connectivity index (χ3v) is 3.77. The zero-order valence-corrected chi connectivity index (χ0v) is 10.2. The first-order valence-electron chi connectivity index (χ1n) is 5.45. The summed E-state index contributed by atoms with van der Waals surface area (Å²) in [6.07, 6.45) is 4.68. The average Bonchev–Trinajstić information content (AvgIpc) is 2.83. The maximum absolute atomic E-state index is 13.3. The quantitative estimate of drug-likeness (QED) is 0.803. The van der Waals surface area contributed by atoms with Gasteiger partial charge in [-0.15, -0.1) is 5.10 Å². The van der Waals surface area contributed by atoms with Crippen LogP contribution in [-0.2, 0) is 0 Å². The van der Waals surface area contributed by atoms with Crippen molar-refractivity contribution in [1.82, 2.24) is 15.0 Å². The summed E-state index contributed by atoms with van der Waals surface area (Å²) in [5.41, 5.74) is 1.53. The fourth-order valence-corrected chi connectivity index (χ4v) is 2.89. The Hall–Kier alpha value is -0.970. The molecular weight excluding hydrogens is 273 g/mol. The average molecular weight is 284 g/mol. The first kappa shape index (κ1) is 10.2. The molecule has 2 aromatic rings. The molecule has 84 valence electrons.